The molecule has 0 atom stereocenters. The number of aryl methyl sites for hydroxylation is 1. The van der Waals surface area contributed by atoms with Crippen molar-refractivity contribution in [1.29, 1.82) is 0 Å². The Labute approximate surface area is 170 Å². The van der Waals surface area contributed by atoms with Crippen LogP contribution < -0.4 is 15.1 Å². The molecule has 28 heavy (non-hydrogen) atoms. The van der Waals surface area contributed by atoms with E-state index in [-0.39, 0.29) is 17.9 Å². The third kappa shape index (κ3) is 4.04. The predicted molar refractivity (Wildman–Crippen MR) is 114 cm³/mol. The van der Waals surface area contributed by atoms with Crippen molar-refractivity contribution in [3.8, 4) is 5.75 Å². The number of rotatable bonds is 5. The molecule has 0 fully saturated rings. The highest BCUT2D eigenvalue weighted by molar-refractivity contribution is 6.30. The van der Waals surface area contributed by atoms with Gasteiger partial charge >= 0.3 is 0 Å². The Morgan fingerprint density at radius 1 is 1.29 bits per heavy atom. The molecule has 5 nitrogen and oxygen atoms in total. The Bertz CT molecular complexity index is 951. The summed E-state index contributed by atoms with van der Waals surface area (Å²) in [7, 11) is 2.04. The molecule has 1 N–H and O–H groups in total. The number of benzene rings is 2. The molecule has 2 aromatic rings. The fraction of sp³-hybridized carbons (Fsp3) is 0.273. The fourth-order valence-corrected chi connectivity index (χ4v) is 3.70. The van der Waals surface area contributed by atoms with Crippen molar-refractivity contribution in [3.05, 3.63) is 70.4 Å². The lowest BCUT2D eigenvalue weighted by molar-refractivity contribution is -0.123. The lowest BCUT2D eigenvalue weighted by Crippen LogP contribution is -2.25. The Morgan fingerprint density at radius 3 is 2.75 bits per heavy atom. The number of likely N-dealkylation sites (N-methyl/N-ethyl adjacent to an activating group) is 1. The predicted octanol–water partition coefficient (Wildman–Crippen LogP) is 4.44. The largest absolute Gasteiger partial charge is 0.483 e. The van der Waals surface area contributed by atoms with E-state index in [1.165, 1.54) is 11.3 Å². The zero-order chi connectivity index (χ0) is 20.3. The van der Waals surface area contributed by atoms with E-state index in [0.717, 1.165) is 11.3 Å². The average molecular weight is 398 g/mol. The van der Waals surface area contributed by atoms with Gasteiger partial charge in [-0.15, -0.1) is 0 Å². The normalized spacial score (nSPS) is 16.5. The van der Waals surface area contributed by atoms with Gasteiger partial charge in [-0.25, -0.2) is 5.43 Å². The first kappa shape index (κ1) is 20.0. The van der Waals surface area contributed by atoms with Crippen molar-refractivity contribution < 1.29 is 9.53 Å². The highest BCUT2D eigenvalue weighted by Crippen LogP contribution is 2.46. The minimum Gasteiger partial charge on any atom is -0.483 e. The van der Waals surface area contributed by atoms with E-state index in [9.17, 15) is 4.79 Å². The van der Waals surface area contributed by atoms with Gasteiger partial charge in [-0.2, -0.15) is 5.10 Å². The second-order valence-corrected chi connectivity index (χ2v) is 7.70. The van der Waals surface area contributed by atoms with E-state index in [4.69, 9.17) is 16.3 Å². The lowest BCUT2D eigenvalue weighted by atomic mass is 9.84. The first-order valence-electron chi connectivity index (χ1n) is 9.05. The molecule has 1 heterocycles. The number of halogens is 1. The zero-order valence-corrected chi connectivity index (χ0v) is 17.2. The molecule has 0 aliphatic carbocycles. The molecule has 0 saturated carbocycles. The van der Waals surface area contributed by atoms with Gasteiger partial charge in [0.15, 0.2) is 6.61 Å². The molecule has 0 spiro atoms. The van der Waals surface area contributed by atoms with Crippen LogP contribution in [-0.2, 0) is 10.2 Å². The Kier molecular flexibility index (Phi) is 5.75. The van der Waals surface area contributed by atoms with Gasteiger partial charge in [0.05, 0.1) is 0 Å². The third-order valence-corrected chi connectivity index (χ3v) is 5.17. The molecule has 1 amide bonds. The van der Waals surface area contributed by atoms with Crippen LogP contribution in [0.4, 0.5) is 5.69 Å². The monoisotopic (exact) mass is 397 g/mol. The summed E-state index contributed by atoms with van der Waals surface area (Å²) in [6.07, 6.45) is 3.52. The molecule has 0 bridgehead atoms. The van der Waals surface area contributed by atoms with Gasteiger partial charge in [-0.1, -0.05) is 43.6 Å². The highest BCUT2D eigenvalue weighted by atomic mass is 35.5. The number of allylic oxidation sites excluding steroid dienone is 2. The zero-order valence-electron chi connectivity index (χ0n) is 16.5. The number of carbonyl (C=O) groups excluding carboxylic acids is 1. The second kappa shape index (κ2) is 8.07. The number of hydrogen-bond acceptors (Lipinski definition) is 4. The topological polar surface area (TPSA) is 53.9 Å². The third-order valence-electron chi connectivity index (χ3n) is 4.93. The average Bonchev–Trinajstić information content (AvgIpc) is 2.85. The van der Waals surface area contributed by atoms with Crippen LogP contribution in [-0.4, -0.2) is 25.8 Å². The molecule has 6 heteroatoms. The molecule has 146 valence electrons. The Hall–Kier alpha value is -2.79. The van der Waals surface area contributed by atoms with Crippen molar-refractivity contribution in [2.24, 2.45) is 5.10 Å². The minimum absolute atomic E-state index is 0.118. The number of hydrazone groups is 1. The number of hydrogen-bond donors (Lipinski definition) is 1. The van der Waals surface area contributed by atoms with E-state index in [0.29, 0.717) is 10.8 Å². The van der Waals surface area contributed by atoms with E-state index >= 15 is 0 Å². The van der Waals surface area contributed by atoms with Gasteiger partial charge < -0.3 is 9.64 Å². The number of nitrogens with one attached hydrogen (secondary N) is 1. The number of carbonyl (C=O) groups is 1. The molecule has 1 aliphatic rings. The van der Waals surface area contributed by atoms with Crippen LogP contribution >= 0.6 is 11.6 Å². The maximum absolute atomic E-state index is 12.0. The molecular weight excluding hydrogens is 374 g/mol. The molecule has 0 saturated heterocycles. The van der Waals surface area contributed by atoms with E-state index in [1.807, 2.05) is 32.2 Å². The smallest absolute Gasteiger partial charge is 0.277 e. The van der Waals surface area contributed by atoms with Gasteiger partial charge in [0.1, 0.15) is 5.75 Å². The summed E-state index contributed by atoms with van der Waals surface area (Å²) in [4.78, 5) is 14.1. The maximum Gasteiger partial charge on any atom is 0.277 e. The SMILES string of the molecule is Cc1cc(Cl)ccc1OCC(=O)NN=CC=C1N(C)c2ccccc2C1(C)C. The molecular formula is C22H24ClN3O2. The van der Waals surface area contributed by atoms with Gasteiger partial charge in [-0.05, 0) is 48.4 Å². The van der Waals surface area contributed by atoms with E-state index < -0.39 is 0 Å². The number of amides is 1. The summed E-state index contributed by atoms with van der Waals surface area (Å²) in [5.74, 6) is 0.295. The highest BCUT2D eigenvalue weighted by Gasteiger charge is 2.37. The molecule has 2 aromatic carbocycles. The van der Waals surface area contributed by atoms with Gasteiger partial charge in [-0.3, -0.25) is 4.79 Å². The summed E-state index contributed by atoms with van der Waals surface area (Å²) in [6, 6.07) is 13.6. The van der Waals surface area contributed by atoms with Crippen LogP contribution in [0.3, 0.4) is 0 Å². The van der Waals surface area contributed by atoms with Gasteiger partial charge in [0.25, 0.3) is 5.91 Å². The van der Waals surface area contributed by atoms with Crippen molar-refractivity contribution in [2.75, 3.05) is 18.6 Å². The van der Waals surface area contributed by atoms with Crippen LogP contribution in [0.5, 0.6) is 5.75 Å². The number of para-hydroxylation sites is 1. The molecule has 0 radical (unpaired) electrons. The molecule has 0 aromatic heterocycles. The van der Waals surface area contributed by atoms with Crippen LogP contribution in [0.1, 0.15) is 25.0 Å². The number of ether oxygens (including phenoxy) is 1. The second-order valence-electron chi connectivity index (χ2n) is 7.26. The van der Waals surface area contributed by atoms with E-state index in [2.05, 4.69) is 41.4 Å². The minimum atomic E-state index is -0.327. The van der Waals surface area contributed by atoms with Crippen LogP contribution in [0.15, 0.2) is 59.3 Å². The number of fused-ring (bicyclic) bond motifs is 1. The fourth-order valence-electron chi connectivity index (χ4n) is 3.47. The molecule has 3 rings (SSSR count). The molecule has 1 aliphatic heterocycles. The summed E-state index contributed by atoms with van der Waals surface area (Å²) in [5, 5.41) is 4.65. The van der Waals surface area contributed by atoms with Crippen molar-refractivity contribution in [2.45, 2.75) is 26.2 Å². The van der Waals surface area contributed by atoms with Gasteiger partial charge in [0, 0.05) is 35.1 Å². The Morgan fingerprint density at radius 2 is 2.04 bits per heavy atom. The summed E-state index contributed by atoms with van der Waals surface area (Å²) in [5.41, 5.74) is 6.80. The molecule has 0 unspecified atom stereocenters. The van der Waals surface area contributed by atoms with E-state index in [1.54, 1.807) is 24.4 Å². The van der Waals surface area contributed by atoms with Crippen LogP contribution in [0, 0.1) is 6.92 Å². The quantitative estimate of drug-likeness (QED) is 0.599. The Balaban J connectivity index is 1.58. The first-order chi connectivity index (χ1) is 13.3. The van der Waals surface area contributed by atoms with Crippen molar-refractivity contribution in [3.63, 3.8) is 0 Å². The van der Waals surface area contributed by atoms with Crippen molar-refractivity contribution in [1.82, 2.24) is 5.43 Å². The standard InChI is InChI=1S/C22H24ClN3O2/c1-15-13-16(23)9-10-19(15)28-14-21(27)25-24-12-11-20-22(2,3)17-7-5-6-8-18(17)26(20)4/h5-13H,14H2,1-4H3,(H,25,27). The summed E-state index contributed by atoms with van der Waals surface area (Å²) < 4.78 is 5.51. The van der Waals surface area contributed by atoms with Crippen LogP contribution in [0.2, 0.25) is 5.02 Å². The lowest BCUT2D eigenvalue weighted by Gasteiger charge is -2.23. The van der Waals surface area contributed by atoms with Gasteiger partial charge in [0.2, 0.25) is 0 Å². The van der Waals surface area contributed by atoms with Crippen molar-refractivity contribution >= 4 is 29.4 Å². The first-order valence-corrected chi connectivity index (χ1v) is 9.43. The van der Waals surface area contributed by atoms with Crippen LogP contribution in [0.25, 0.3) is 0 Å². The summed E-state index contributed by atoms with van der Waals surface area (Å²) >= 11 is 5.92. The number of nitrogens with zero attached hydrogens (tertiary/aromatic N) is 2. The number of anilines is 1. The summed E-state index contributed by atoms with van der Waals surface area (Å²) in [6.45, 7) is 6.11. The maximum atomic E-state index is 12.0.